The zero-order chi connectivity index (χ0) is 17.7. The number of benzene rings is 2. The lowest BCUT2D eigenvalue weighted by molar-refractivity contribution is -0.114. The summed E-state index contributed by atoms with van der Waals surface area (Å²) in [6.07, 6.45) is 1.34. The first-order chi connectivity index (χ1) is 11.4. The predicted molar refractivity (Wildman–Crippen MR) is 90.6 cm³/mol. The Kier molecular flexibility index (Phi) is 5.59. The molecule has 0 aromatic heterocycles. The minimum absolute atomic E-state index is 0.173. The van der Waals surface area contributed by atoms with Crippen molar-refractivity contribution in [1.82, 2.24) is 0 Å². The molecule has 0 atom stereocenters. The minimum atomic E-state index is -0.814. The summed E-state index contributed by atoms with van der Waals surface area (Å²) in [6, 6.07) is 12.3. The molecule has 0 spiro atoms. The van der Waals surface area contributed by atoms with Gasteiger partial charge in [0, 0.05) is 5.02 Å². The highest BCUT2D eigenvalue weighted by Gasteiger charge is 2.13. The molecule has 2 aromatic carbocycles. The number of hydrogen-bond donors (Lipinski definition) is 1. The molecule has 0 aliphatic rings. The van der Waals surface area contributed by atoms with Crippen molar-refractivity contribution in [2.45, 2.75) is 0 Å². The first-order valence-electron chi connectivity index (χ1n) is 6.59. The Hall–Kier alpha value is -2.81. The van der Waals surface area contributed by atoms with Gasteiger partial charge in [0.2, 0.25) is 0 Å². The number of hydrogen-bond acceptors (Lipinski definition) is 4. The van der Waals surface area contributed by atoms with Crippen molar-refractivity contribution in [3.63, 3.8) is 0 Å². The molecule has 5 nitrogen and oxygen atoms in total. The van der Waals surface area contributed by atoms with Crippen molar-refractivity contribution in [3.05, 3.63) is 69.2 Å². The molecule has 0 fully saturated rings. The molecule has 1 amide bonds. The van der Waals surface area contributed by atoms with Gasteiger partial charge in [-0.25, -0.2) is 4.79 Å². The average molecular weight is 361 g/mol. The molecule has 120 valence electrons. The van der Waals surface area contributed by atoms with E-state index in [0.717, 1.165) is 0 Å². The first-order valence-corrected chi connectivity index (χ1v) is 7.35. The van der Waals surface area contributed by atoms with Gasteiger partial charge in [-0.1, -0.05) is 35.3 Å². The molecule has 2 N–H and O–H groups in total. The van der Waals surface area contributed by atoms with Crippen LogP contribution >= 0.6 is 23.2 Å². The second-order valence-corrected chi connectivity index (χ2v) is 5.46. The van der Waals surface area contributed by atoms with Crippen LogP contribution in [0.15, 0.2) is 48.0 Å². The lowest BCUT2D eigenvalue weighted by Gasteiger charge is -2.06. The lowest BCUT2D eigenvalue weighted by Crippen LogP contribution is -2.12. The van der Waals surface area contributed by atoms with Crippen LogP contribution in [0.1, 0.15) is 15.9 Å². The Balaban J connectivity index is 2.16. The number of rotatable bonds is 4. The van der Waals surface area contributed by atoms with E-state index in [1.807, 2.05) is 0 Å². The Morgan fingerprint density at radius 1 is 1.12 bits per heavy atom. The Morgan fingerprint density at radius 2 is 1.79 bits per heavy atom. The fourth-order valence-electron chi connectivity index (χ4n) is 1.77. The molecule has 0 bridgehead atoms. The van der Waals surface area contributed by atoms with Crippen LogP contribution in [0.5, 0.6) is 5.75 Å². The van der Waals surface area contributed by atoms with Gasteiger partial charge in [-0.15, -0.1) is 0 Å². The Morgan fingerprint density at radius 3 is 2.33 bits per heavy atom. The third-order valence-corrected chi connectivity index (χ3v) is 3.49. The minimum Gasteiger partial charge on any atom is -0.423 e. The van der Waals surface area contributed by atoms with E-state index in [4.69, 9.17) is 38.9 Å². The standard InChI is InChI=1S/C17H10Cl2N2O3/c18-12-3-6-14(15(19)8-12)17(23)24-13-4-1-10(2-5-13)7-11(9-20)16(21)22/h1-8H,(H2,21,22)/b11-7+. The zero-order valence-electron chi connectivity index (χ0n) is 12.1. The van der Waals surface area contributed by atoms with Gasteiger partial charge in [-0.2, -0.15) is 5.26 Å². The molecule has 0 unspecified atom stereocenters. The van der Waals surface area contributed by atoms with Crippen LogP contribution in [0.3, 0.4) is 0 Å². The summed E-state index contributed by atoms with van der Waals surface area (Å²) < 4.78 is 5.21. The molecule has 2 rings (SSSR count). The summed E-state index contributed by atoms with van der Waals surface area (Å²) in [7, 11) is 0. The zero-order valence-corrected chi connectivity index (χ0v) is 13.6. The summed E-state index contributed by atoms with van der Waals surface area (Å²) >= 11 is 11.7. The van der Waals surface area contributed by atoms with E-state index in [9.17, 15) is 9.59 Å². The topological polar surface area (TPSA) is 93.2 Å². The van der Waals surface area contributed by atoms with Gasteiger partial charge in [0.15, 0.2) is 0 Å². The number of ether oxygens (including phenoxy) is 1. The van der Waals surface area contributed by atoms with Crippen molar-refractivity contribution in [1.29, 1.82) is 5.26 Å². The molecule has 0 saturated heterocycles. The highest BCUT2D eigenvalue weighted by molar-refractivity contribution is 6.36. The fourth-order valence-corrected chi connectivity index (χ4v) is 2.26. The molecular formula is C17H10Cl2N2O3. The van der Waals surface area contributed by atoms with Crippen molar-refractivity contribution >= 4 is 41.2 Å². The van der Waals surface area contributed by atoms with E-state index in [1.54, 1.807) is 18.2 Å². The molecule has 0 heterocycles. The maximum atomic E-state index is 12.1. The summed E-state index contributed by atoms with van der Waals surface area (Å²) in [4.78, 5) is 23.1. The van der Waals surface area contributed by atoms with Gasteiger partial charge in [-0.05, 0) is 42.0 Å². The van der Waals surface area contributed by atoms with E-state index in [1.165, 1.54) is 36.4 Å². The predicted octanol–water partition coefficient (Wildman–Crippen LogP) is 3.60. The van der Waals surface area contributed by atoms with Gasteiger partial charge < -0.3 is 10.5 Å². The molecule has 0 saturated carbocycles. The van der Waals surface area contributed by atoms with Gasteiger partial charge >= 0.3 is 5.97 Å². The quantitative estimate of drug-likeness (QED) is 0.390. The highest BCUT2D eigenvalue weighted by atomic mass is 35.5. The SMILES string of the molecule is N#C/C(=C\c1ccc(OC(=O)c2ccc(Cl)cc2Cl)cc1)C(N)=O. The smallest absolute Gasteiger partial charge is 0.345 e. The normalized spacial score (nSPS) is 10.8. The number of nitrogens with zero attached hydrogens (tertiary/aromatic N) is 1. The number of carbonyl (C=O) groups excluding carboxylic acids is 2. The lowest BCUT2D eigenvalue weighted by atomic mass is 10.1. The van der Waals surface area contributed by atoms with E-state index < -0.39 is 11.9 Å². The third-order valence-electron chi connectivity index (χ3n) is 2.94. The number of carbonyl (C=O) groups is 2. The molecule has 0 aliphatic carbocycles. The summed E-state index contributed by atoms with van der Waals surface area (Å²) in [5.74, 6) is -1.17. The van der Waals surface area contributed by atoms with Crippen molar-refractivity contribution in [3.8, 4) is 11.8 Å². The van der Waals surface area contributed by atoms with Gasteiger partial charge in [0.25, 0.3) is 5.91 Å². The number of nitriles is 1. The Labute approximate surface area is 147 Å². The highest BCUT2D eigenvalue weighted by Crippen LogP contribution is 2.23. The van der Waals surface area contributed by atoms with Gasteiger partial charge in [0.05, 0.1) is 10.6 Å². The maximum Gasteiger partial charge on any atom is 0.345 e. The fraction of sp³-hybridized carbons (Fsp3) is 0. The van der Waals surface area contributed by atoms with Crippen LogP contribution in [0.25, 0.3) is 6.08 Å². The van der Waals surface area contributed by atoms with Crippen molar-refractivity contribution < 1.29 is 14.3 Å². The summed E-state index contributed by atoms with van der Waals surface area (Å²) in [6.45, 7) is 0. The molecule has 2 aromatic rings. The molecule has 0 radical (unpaired) electrons. The molecule has 24 heavy (non-hydrogen) atoms. The van der Waals surface area contributed by atoms with E-state index in [2.05, 4.69) is 0 Å². The van der Waals surface area contributed by atoms with E-state index in [0.29, 0.717) is 10.6 Å². The number of nitrogens with two attached hydrogens (primary N) is 1. The van der Waals surface area contributed by atoms with Crippen molar-refractivity contribution in [2.24, 2.45) is 5.73 Å². The monoisotopic (exact) mass is 360 g/mol. The third kappa shape index (κ3) is 4.35. The van der Waals surface area contributed by atoms with Gasteiger partial charge in [-0.3, -0.25) is 4.79 Å². The molecule has 0 aliphatic heterocycles. The van der Waals surface area contributed by atoms with E-state index in [-0.39, 0.29) is 21.9 Å². The van der Waals surface area contributed by atoms with E-state index >= 15 is 0 Å². The van der Waals surface area contributed by atoms with Crippen LogP contribution in [-0.2, 0) is 4.79 Å². The van der Waals surface area contributed by atoms with Crippen LogP contribution in [-0.4, -0.2) is 11.9 Å². The number of amides is 1. The average Bonchev–Trinajstić information content (AvgIpc) is 2.53. The van der Waals surface area contributed by atoms with Crippen molar-refractivity contribution in [2.75, 3.05) is 0 Å². The van der Waals surface area contributed by atoms with Crippen LogP contribution in [0, 0.1) is 11.3 Å². The van der Waals surface area contributed by atoms with Crippen LogP contribution < -0.4 is 10.5 Å². The number of esters is 1. The van der Waals surface area contributed by atoms with Crippen LogP contribution in [0.2, 0.25) is 10.0 Å². The van der Waals surface area contributed by atoms with Gasteiger partial charge in [0.1, 0.15) is 17.4 Å². The second-order valence-electron chi connectivity index (χ2n) is 4.62. The largest absolute Gasteiger partial charge is 0.423 e. The number of halogens is 2. The molecular weight excluding hydrogens is 351 g/mol. The summed E-state index contributed by atoms with van der Waals surface area (Å²) in [5, 5.41) is 9.39. The number of primary amides is 1. The van der Waals surface area contributed by atoms with Crippen LogP contribution in [0.4, 0.5) is 0 Å². The maximum absolute atomic E-state index is 12.1. The summed E-state index contributed by atoms with van der Waals surface area (Å²) in [5.41, 5.74) is 5.64. The molecule has 7 heteroatoms. The first kappa shape index (κ1) is 17.5. The Bertz CT molecular complexity index is 868. The second kappa shape index (κ2) is 7.64.